The summed E-state index contributed by atoms with van der Waals surface area (Å²) in [6.07, 6.45) is 0.0981. The Bertz CT molecular complexity index is 171. The SMILES string of the molecule is COC(=O)C(NCC(C)OC)C(C)C. The molecule has 0 saturated carbocycles. The highest BCUT2D eigenvalue weighted by Crippen LogP contribution is 2.03. The van der Waals surface area contributed by atoms with Gasteiger partial charge in [-0.25, -0.2) is 0 Å². The summed E-state index contributed by atoms with van der Waals surface area (Å²) in [7, 11) is 3.05. The second-order valence-corrected chi connectivity index (χ2v) is 3.70. The number of hydrogen-bond acceptors (Lipinski definition) is 4. The van der Waals surface area contributed by atoms with E-state index in [1.165, 1.54) is 7.11 Å². The predicted octanol–water partition coefficient (Wildman–Crippen LogP) is 0.808. The van der Waals surface area contributed by atoms with Gasteiger partial charge in [0.2, 0.25) is 0 Å². The van der Waals surface area contributed by atoms with E-state index in [4.69, 9.17) is 9.47 Å². The van der Waals surface area contributed by atoms with Crippen LogP contribution in [-0.4, -0.2) is 38.9 Å². The lowest BCUT2D eigenvalue weighted by atomic mass is 10.0. The number of carbonyl (C=O) groups is 1. The quantitative estimate of drug-likeness (QED) is 0.649. The van der Waals surface area contributed by atoms with Crippen LogP contribution in [0.25, 0.3) is 0 Å². The van der Waals surface area contributed by atoms with Crippen molar-refractivity contribution in [2.75, 3.05) is 20.8 Å². The largest absolute Gasteiger partial charge is 0.468 e. The third-order valence-electron chi connectivity index (χ3n) is 2.15. The number of hydrogen-bond donors (Lipinski definition) is 1. The molecular weight excluding hydrogens is 182 g/mol. The standard InChI is InChI=1S/C10H21NO3/c1-7(2)9(10(12)14-5)11-6-8(3)13-4/h7-9,11H,6H2,1-5H3. The van der Waals surface area contributed by atoms with Gasteiger partial charge in [0.05, 0.1) is 13.2 Å². The minimum absolute atomic E-state index is 0.0981. The normalized spacial score (nSPS) is 15.3. The fourth-order valence-electron chi connectivity index (χ4n) is 1.09. The van der Waals surface area contributed by atoms with Crippen LogP contribution in [0.3, 0.4) is 0 Å². The molecule has 0 amide bonds. The van der Waals surface area contributed by atoms with Gasteiger partial charge in [-0.2, -0.15) is 0 Å². The molecule has 0 aromatic rings. The van der Waals surface area contributed by atoms with Gasteiger partial charge < -0.3 is 14.8 Å². The molecule has 4 nitrogen and oxygen atoms in total. The van der Waals surface area contributed by atoms with E-state index in [9.17, 15) is 4.79 Å². The van der Waals surface area contributed by atoms with Crippen LogP contribution in [0.4, 0.5) is 0 Å². The van der Waals surface area contributed by atoms with Crippen molar-refractivity contribution in [3.63, 3.8) is 0 Å². The Morgan fingerprint density at radius 3 is 2.21 bits per heavy atom. The summed E-state index contributed by atoms with van der Waals surface area (Å²) in [5.41, 5.74) is 0. The van der Waals surface area contributed by atoms with Crippen molar-refractivity contribution in [1.82, 2.24) is 5.32 Å². The molecule has 0 aromatic heterocycles. The first-order valence-corrected chi connectivity index (χ1v) is 4.86. The van der Waals surface area contributed by atoms with Crippen LogP contribution in [0.1, 0.15) is 20.8 Å². The molecule has 0 aromatic carbocycles. The third kappa shape index (κ3) is 4.58. The summed E-state index contributed by atoms with van der Waals surface area (Å²) in [5.74, 6) is -0.00481. The summed E-state index contributed by atoms with van der Waals surface area (Å²) >= 11 is 0. The van der Waals surface area contributed by atoms with Gasteiger partial charge >= 0.3 is 5.97 Å². The van der Waals surface area contributed by atoms with E-state index in [1.807, 2.05) is 20.8 Å². The number of esters is 1. The van der Waals surface area contributed by atoms with Gasteiger partial charge in [0.25, 0.3) is 0 Å². The van der Waals surface area contributed by atoms with Crippen LogP contribution in [0.5, 0.6) is 0 Å². The summed E-state index contributed by atoms with van der Waals surface area (Å²) in [6, 6.07) is -0.252. The third-order valence-corrected chi connectivity index (χ3v) is 2.15. The molecule has 0 saturated heterocycles. The van der Waals surface area contributed by atoms with Gasteiger partial charge in [0, 0.05) is 13.7 Å². The Labute approximate surface area is 86.0 Å². The molecule has 0 aliphatic rings. The minimum Gasteiger partial charge on any atom is -0.468 e. The molecule has 2 unspecified atom stereocenters. The van der Waals surface area contributed by atoms with E-state index in [-0.39, 0.29) is 24.0 Å². The molecule has 0 aliphatic heterocycles. The zero-order valence-electron chi connectivity index (χ0n) is 9.66. The predicted molar refractivity (Wildman–Crippen MR) is 55.1 cm³/mol. The molecule has 0 rings (SSSR count). The van der Waals surface area contributed by atoms with Crippen molar-refractivity contribution < 1.29 is 14.3 Å². The average molecular weight is 203 g/mol. The molecule has 14 heavy (non-hydrogen) atoms. The summed E-state index contributed by atoms with van der Waals surface area (Å²) in [5, 5.41) is 3.12. The van der Waals surface area contributed by atoms with E-state index in [0.717, 1.165) is 0 Å². The van der Waals surface area contributed by atoms with E-state index < -0.39 is 0 Å². The Hall–Kier alpha value is -0.610. The Morgan fingerprint density at radius 1 is 1.29 bits per heavy atom. The Morgan fingerprint density at radius 2 is 1.86 bits per heavy atom. The van der Waals surface area contributed by atoms with E-state index in [2.05, 4.69) is 5.32 Å². The van der Waals surface area contributed by atoms with Crippen molar-refractivity contribution in [3.05, 3.63) is 0 Å². The fourth-order valence-corrected chi connectivity index (χ4v) is 1.09. The first-order chi connectivity index (χ1) is 6.52. The van der Waals surface area contributed by atoms with Crippen LogP contribution >= 0.6 is 0 Å². The van der Waals surface area contributed by atoms with E-state index in [0.29, 0.717) is 6.54 Å². The zero-order chi connectivity index (χ0) is 11.1. The molecule has 2 atom stereocenters. The Balaban J connectivity index is 4.04. The fraction of sp³-hybridized carbons (Fsp3) is 0.900. The lowest BCUT2D eigenvalue weighted by molar-refractivity contribution is -0.144. The highest BCUT2D eigenvalue weighted by Gasteiger charge is 2.22. The molecule has 0 bridgehead atoms. The van der Waals surface area contributed by atoms with Gasteiger partial charge in [-0.3, -0.25) is 4.79 Å². The van der Waals surface area contributed by atoms with Crippen LogP contribution in [0.2, 0.25) is 0 Å². The number of carbonyl (C=O) groups excluding carboxylic acids is 1. The Kier molecular flexibility index (Phi) is 6.49. The maximum absolute atomic E-state index is 11.3. The molecule has 0 heterocycles. The van der Waals surface area contributed by atoms with Gasteiger partial charge in [-0.05, 0) is 12.8 Å². The smallest absolute Gasteiger partial charge is 0.323 e. The molecule has 0 aliphatic carbocycles. The molecule has 4 heteroatoms. The lowest BCUT2D eigenvalue weighted by Gasteiger charge is -2.21. The van der Waals surface area contributed by atoms with Gasteiger partial charge in [-0.15, -0.1) is 0 Å². The molecule has 84 valence electrons. The van der Waals surface area contributed by atoms with Crippen LogP contribution in [0.15, 0.2) is 0 Å². The van der Waals surface area contributed by atoms with Crippen molar-refractivity contribution in [2.24, 2.45) is 5.92 Å². The van der Waals surface area contributed by atoms with Gasteiger partial charge in [0.1, 0.15) is 6.04 Å². The van der Waals surface area contributed by atoms with E-state index in [1.54, 1.807) is 7.11 Å². The average Bonchev–Trinajstić information content (AvgIpc) is 2.16. The van der Waals surface area contributed by atoms with Gasteiger partial charge in [-0.1, -0.05) is 13.8 Å². The highest BCUT2D eigenvalue weighted by molar-refractivity contribution is 5.75. The second-order valence-electron chi connectivity index (χ2n) is 3.70. The lowest BCUT2D eigenvalue weighted by Crippen LogP contribution is -2.44. The second kappa shape index (κ2) is 6.79. The summed E-state index contributed by atoms with van der Waals surface area (Å²) in [4.78, 5) is 11.3. The van der Waals surface area contributed by atoms with Crippen molar-refractivity contribution in [2.45, 2.75) is 32.9 Å². The summed E-state index contributed by atoms with van der Waals surface area (Å²) in [6.45, 7) is 6.55. The maximum atomic E-state index is 11.3. The number of ether oxygens (including phenoxy) is 2. The van der Waals surface area contributed by atoms with Crippen molar-refractivity contribution >= 4 is 5.97 Å². The molecule has 0 radical (unpaired) electrons. The molecule has 0 fully saturated rings. The number of rotatable bonds is 6. The topological polar surface area (TPSA) is 47.6 Å². The monoisotopic (exact) mass is 203 g/mol. The molecule has 0 spiro atoms. The minimum atomic E-state index is -0.252. The highest BCUT2D eigenvalue weighted by atomic mass is 16.5. The van der Waals surface area contributed by atoms with Crippen molar-refractivity contribution in [3.8, 4) is 0 Å². The van der Waals surface area contributed by atoms with E-state index >= 15 is 0 Å². The maximum Gasteiger partial charge on any atom is 0.323 e. The first kappa shape index (κ1) is 13.4. The molecule has 1 N–H and O–H groups in total. The number of methoxy groups -OCH3 is 2. The number of nitrogens with one attached hydrogen (secondary N) is 1. The van der Waals surface area contributed by atoms with Crippen LogP contribution in [-0.2, 0) is 14.3 Å². The summed E-state index contributed by atoms with van der Waals surface area (Å²) < 4.78 is 9.78. The zero-order valence-corrected chi connectivity index (χ0v) is 9.66. The van der Waals surface area contributed by atoms with Crippen LogP contribution in [0, 0.1) is 5.92 Å². The van der Waals surface area contributed by atoms with Crippen molar-refractivity contribution in [1.29, 1.82) is 0 Å². The molecular formula is C10H21NO3. The van der Waals surface area contributed by atoms with Gasteiger partial charge in [0.15, 0.2) is 0 Å². The first-order valence-electron chi connectivity index (χ1n) is 4.86. The van der Waals surface area contributed by atoms with Crippen LogP contribution < -0.4 is 5.32 Å².